The van der Waals surface area contributed by atoms with Crippen molar-refractivity contribution < 1.29 is 18.7 Å². The maximum atomic E-state index is 15.3. The molecule has 0 saturated heterocycles. The molecule has 2 amide bonds. The number of hydrogen-bond acceptors (Lipinski definition) is 5. The zero-order valence-corrected chi connectivity index (χ0v) is 23.0. The summed E-state index contributed by atoms with van der Waals surface area (Å²) < 4.78 is 22.6. The molecule has 0 radical (unpaired) electrons. The van der Waals surface area contributed by atoms with Gasteiger partial charge in [-0.25, -0.2) is 9.07 Å². The Bertz CT molecular complexity index is 1610. The number of ether oxygens (including phenoxy) is 1. The minimum absolute atomic E-state index is 0.222. The Morgan fingerprint density at radius 1 is 1.00 bits per heavy atom. The molecule has 3 N–H and O–H groups in total. The molecule has 0 saturated carbocycles. The molecule has 4 aromatic rings. The average molecular weight is 590 g/mol. The fourth-order valence-corrected chi connectivity index (χ4v) is 4.90. The van der Waals surface area contributed by atoms with Crippen molar-refractivity contribution in [1.82, 2.24) is 9.78 Å². The number of methoxy groups -OCH3 is 1. The minimum Gasteiger partial charge on any atom is -0.497 e. The monoisotopic (exact) mass is 589 g/mol. The lowest BCUT2D eigenvalue weighted by atomic mass is 9.94. The molecule has 3 aromatic carbocycles. The number of halogens is 2. The van der Waals surface area contributed by atoms with E-state index >= 15 is 4.39 Å². The fourth-order valence-electron chi connectivity index (χ4n) is 4.52. The van der Waals surface area contributed by atoms with E-state index in [0.717, 1.165) is 5.56 Å². The lowest BCUT2D eigenvalue weighted by Gasteiger charge is -2.30. The van der Waals surface area contributed by atoms with Gasteiger partial charge in [0.2, 0.25) is 0 Å². The van der Waals surface area contributed by atoms with Gasteiger partial charge in [0, 0.05) is 27.1 Å². The Morgan fingerprint density at radius 3 is 2.46 bits per heavy atom. The number of fused-ring (bicyclic) bond motifs is 1. The predicted octanol–water partition coefficient (Wildman–Crippen LogP) is 6.28. The second kappa shape index (κ2) is 10.7. The number of carbonyl (C=O) groups is 2. The number of amides is 2. The standard InChI is InChI=1S/C29H25BrFN5O3/c1-16-5-4-6-20(13-16)35-28(37)23-15-32-36-26(22-14-18(30)7-12-24(22)31)25(17(2)33-27(23)36)29(38)34-19-8-10-21(39-3)11-9-19/h4-15,26,33H,1-3H3,(H,34,38)(H,35,37)/t26-/m0/s1. The third kappa shape index (κ3) is 5.28. The van der Waals surface area contributed by atoms with Gasteiger partial charge in [-0.3, -0.25) is 9.59 Å². The van der Waals surface area contributed by atoms with Gasteiger partial charge in [-0.05, 0) is 74.0 Å². The molecular weight excluding hydrogens is 565 g/mol. The van der Waals surface area contributed by atoms with Gasteiger partial charge < -0.3 is 20.7 Å². The van der Waals surface area contributed by atoms with Crippen LogP contribution in [0.3, 0.4) is 0 Å². The van der Waals surface area contributed by atoms with Crippen molar-refractivity contribution in [2.75, 3.05) is 23.1 Å². The highest BCUT2D eigenvalue weighted by Gasteiger charge is 2.36. The van der Waals surface area contributed by atoms with Crippen molar-refractivity contribution in [3.8, 4) is 5.75 Å². The number of carbonyl (C=O) groups excluding carboxylic acids is 2. The number of anilines is 3. The van der Waals surface area contributed by atoms with Crippen LogP contribution in [0.25, 0.3) is 0 Å². The maximum absolute atomic E-state index is 15.3. The summed E-state index contributed by atoms with van der Waals surface area (Å²) in [6.07, 6.45) is 1.41. The number of hydrogen-bond donors (Lipinski definition) is 3. The van der Waals surface area contributed by atoms with Crippen LogP contribution in [-0.2, 0) is 4.79 Å². The van der Waals surface area contributed by atoms with Gasteiger partial charge in [-0.15, -0.1) is 0 Å². The van der Waals surface area contributed by atoms with E-state index < -0.39 is 17.8 Å². The molecular formula is C29H25BrFN5O3. The highest BCUT2D eigenvalue weighted by atomic mass is 79.9. The van der Waals surface area contributed by atoms with Gasteiger partial charge in [-0.1, -0.05) is 28.1 Å². The number of nitrogens with one attached hydrogen (secondary N) is 3. The third-order valence-electron chi connectivity index (χ3n) is 6.39. The largest absolute Gasteiger partial charge is 0.497 e. The molecule has 8 nitrogen and oxygen atoms in total. The molecule has 0 spiro atoms. The fraction of sp³-hybridized carbons (Fsp3) is 0.138. The molecule has 0 unspecified atom stereocenters. The molecule has 1 aromatic heterocycles. The van der Waals surface area contributed by atoms with E-state index in [4.69, 9.17) is 4.74 Å². The van der Waals surface area contributed by atoms with Crippen LogP contribution in [0.2, 0.25) is 0 Å². The van der Waals surface area contributed by atoms with Crippen molar-refractivity contribution in [3.63, 3.8) is 0 Å². The third-order valence-corrected chi connectivity index (χ3v) is 6.88. The molecule has 198 valence electrons. The Morgan fingerprint density at radius 2 is 1.74 bits per heavy atom. The van der Waals surface area contributed by atoms with Gasteiger partial charge in [0.15, 0.2) is 0 Å². The van der Waals surface area contributed by atoms with E-state index in [9.17, 15) is 9.59 Å². The zero-order valence-electron chi connectivity index (χ0n) is 21.4. The number of rotatable bonds is 6. The van der Waals surface area contributed by atoms with Crippen molar-refractivity contribution >= 4 is 44.9 Å². The summed E-state index contributed by atoms with van der Waals surface area (Å²) in [5.41, 5.74) is 3.37. The van der Waals surface area contributed by atoms with E-state index in [2.05, 4.69) is 37.0 Å². The predicted molar refractivity (Wildman–Crippen MR) is 152 cm³/mol. The van der Waals surface area contributed by atoms with Crippen molar-refractivity contribution in [1.29, 1.82) is 0 Å². The van der Waals surface area contributed by atoms with Crippen molar-refractivity contribution in [2.45, 2.75) is 19.9 Å². The zero-order chi connectivity index (χ0) is 27.7. The van der Waals surface area contributed by atoms with Crippen molar-refractivity contribution in [3.05, 3.63) is 111 Å². The Balaban J connectivity index is 1.55. The van der Waals surface area contributed by atoms with Gasteiger partial charge in [0.05, 0.1) is 18.9 Å². The first-order valence-electron chi connectivity index (χ1n) is 12.1. The van der Waals surface area contributed by atoms with Crippen LogP contribution in [0.5, 0.6) is 5.75 Å². The van der Waals surface area contributed by atoms with Gasteiger partial charge >= 0.3 is 0 Å². The summed E-state index contributed by atoms with van der Waals surface area (Å²) in [4.78, 5) is 26.9. The summed E-state index contributed by atoms with van der Waals surface area (Å²) >= 11 is 3.41. The normalized spacial score (nSPS) is 14.3. The summed E-state index contributed by atoms with van der Waals surface area (Å²) in [5.74, 6) is -0.347. The van der Waals surface area contributed by atoms with Crippen LogP contribution in [0.1, 0.15) is 34.5 Å². The molecule has 0 fully saturated rings. The van der Waals surface area contributed by atoms with E-state index in [0.29, 0.717) is 33.1 Å². The number of allylic oxidation sites excluding steroid dienone is 1. The Kier molecular flexibility index (Phi) is 7.21. The molecule has 2 heterocycles. The molecule has 1 atom stereocenters. The molecule has 0 bridgehead atoms. The lowest BCUT2D eigenvalue weighted by Crippen LogP contribution is -2.32. The number of aromatic nitrogens is 2. The first-order chi connectivity index (χ1) is 18.7. The number of aryl methyl sites for hydroxylation is 1. The van der Waals surface area contributed by atoms with E-state index in [1.165, 1.54) is 16.9 Å². The summed E-state index contributed by atoms with van der Waals surface area (Å²) in [7, 11) is 1.56. The van der Waals surface area contributed by atoms with Crippen LogP contribution < -0.4 is 20.7 Å². The van der Waals surface area contributed by atoms with E-state index in [1.807, 2.05) is 25.1 Å². The van der Waals surface area contributed by atoms with Gasteiger partial charge in [0.1, 0.15) is 29.0 Å². The molecule has 39 heavy (non-hydrogen) atoms. The maximum Gasteiger partial charge on any atom is 0.261 e. The lowest BCUT2D eigenvalue weighted by molar-refractivity contribution is -0.113. The Labute approximate surface area is 233 Å². The highest BCUT2D eigenvalue weighted by molar-refractivity contribution is 9.10. The van der Waals surface area contributed by atoms with Crippen LogP contribution in [0.15, 0.2) is 88.7 Å². The number of nitrogens with zero attached hydrogens (tertiary/aromatic N) is 2. The topological polar surface area (TPSA) is 97.3 Å². The van der Waals surface area contributed by atoms with Crippen molar-refractivity contribution in [2.24, 2.45) is 0 Å². The SMILES string of the molecule is COc1ccc(NC(=O)C2=C(C)Nc3c(C(=O)Nc4cccc(C)c4)cnn3[C@H]2c2cc(Br)ccc2F)cc1. The smallest absolute Gasteiger partial charge is 0.261 e. The quantitative estimate of drug-likeness (QED) is 0.246. The van der Waals surface area contributed by atoms with Crippen LogP contribution >= 0.6 is 15.9 Å². The molecule has 1 aliphatic heterocycles. The van der Waals surface area contributed by atoms with E-state index in [1.54, 1.807) is 56.5 Å². The summed E-state index contributed by atoms with van der Waals surface area (Å²) in [6, 6.07) is 17.9. The van der Waals surface area contributed by atoms with Gasteiger partial charge in [0.25, 0.3) is 11.8 Å². The van der Waals surface area contributed by atoms with E-state index in [-0.39, 0.29) is 22.6 Å². The minimum atomic E-state index is -0.947. The average Bonchev–Trinajstić information content (AvgIpc) is 3.33. The van der Waals surface area contributed by atoms with Gasteiger partial charge in [-0.2, -0.15) is 5.10 Å². The molecule has 1 aliphatic rings. The summed E-state index contributed by atoms with van der Waals surface area (Å²) in [5, 5.41) is 13.4. The first kappa shape index (κ1) is 26.2. The molecule has 0 aliphatic carbocycles. The first-order valence-corrected chi connectivity index (χ1v) is 12.9. The second-order valence-corrected chi connectivity index (χ2v) is 10.0. The molecule has 5 rings (SSSR count). The summed E-state index contributed by atoms with van der Waals surface area (Å²) in [6.45, 7) is 3.65. The molecule has 10 heteroatoms. The van der Waals surface area contributed by atoms with Crippen LogP contribution in [-0.4, -0.2) is 28.7 Å². The van der Waals surface area contributed by atoms with Crippen LogP contribution in [0, 0.1) is 12.7 Å². The van der Waals surface area contributed by atoms with Crippen LogP contribution in [0.4, 0.5) is 21.6 Å². The second-order valence-electron chi connectivity index (χ2n) is 9.09. The Hall–Kier alpha value is -4.44. The number of benzene rings is 3. The highest BCUT2D eigenvalue weighted by Crippen LogP contribution is 2.39.